The fourth-order valence-corrected chi connectivity index (χ4v) is 3.95. The highest BCUT2D eigenvalue weighted by molar-refractivity contribution is 5.86. The molecular formula is C16H29N3O2. The number of amides is 1. The van der Waals surface area contributed by atoms with Crippen molar-refractivity contribution in [1.82, 2.24) is 15.1 Å². The predicted molar refractivity (Wildman–Crippen MR) is 82.3 cm³/mol. The summed E-state index contributed by atoms with van der Waals surface area (Å²) < 4.78 is 5.71. The topological polar surface area (TPSA) is 44.8 Å². The molecule has 120 valence electrons. The van der Waals surface area contributed by atoms with Crippen LogP contribution < -0.4 is 5.32 Å². The normalized spacial score (nSPS) is 34.5. The van der Waals surface area contributed by atoms with Crippen LogP contribution in [0, 0.1) is 0 Å². The minimum absolute atomic E-state index is 0.267. The first-order valence-corrected chi connectivity index (χ1v) is 8.62. The van der Waals surface area contributed by atoms with Crippen LogP contribution in [0.25, 0.3) is 0 Å². The Bertz CT molecular complexity index is 355. The van der Waals surface area contributed by atoms with Gasteiger partial charge in [0.2, 0.25) is 5.91 Å². The Balaban J connectivity index is 1.49. The van der Waals surface area contributed by atoms with Gasteiger partial charge in [-0.05, 0) is 38.6 Å². The second-order valence-electron chi connectivity index (χ2n) is 6.69. The smallest absolute Gasteiger partial charge is 0.242 e. The summed E-state index contributed by atoms with van der Waals surface area (Å²) in [5.74, 6) is 0.333. The summed E-state index contributed by atoms with van der Waals surface area (Å²) in [4.78, 5) is 17.4. The van der Waals surface area contributed by atoms with Crippen molar-refractivity contribution in [2.75, 3.05) is 45.9 Å². The molecule has 0 spiro atoms. The van der Waals surface area contributed by atoms with Gasteiger partial charge in [0, 0.05) is 39.3 Å². The molecular weight excluding hydrogens is 266 g/mol. The molecule has 0 aliphatic carbocycles. The molecule has 3 saturated heterocycles. The molecule has 1 amide bonds. The van der Waals surface area contributed by atoms with Gasteiger partial charge in [0.25, 0.3) is 0 Å². The zero-order valence-corrected chi connectivity index (χ0v) is 13.3. The average molecular weight is 295 g/mol. The van der Waals surface area contributed by atoms with E-state index >= 15 is 0 Å². The predicted octanol–water partition coefficient (Wildman–Crippen LogP) is 0.842. The number of piperazine rings is 1. The number of ether oxygens (including phenoxy) is 1. The Morgan fingerprint density at radius 1 is 1.29 bits per heavy atom. The number of rotatable bonds is 4. The van der Waals surface area contributed by atoms with Gasteiger partial charge >= 0.3 is 0 Å². The SMILES string of the molecule is CCC1(C(=O)N2CCN(CC3CCCO3)CC2)CCCN1. The largest absolute Gasteiger partial charge is 0.377 e. The summed E-state index contributed by atoms with van der Waals surface area (Å²) in [5, 5.41) is 3.46. The summed E-state index contributed by atoms with van der Waals surface area (Å²) in [6.45, 7) is 8.80. The highest BCUT2D eigenvalue weighted by Crippen LogP contribution is 2.26. The van der Waals surface area contributed by atoms with Crippen LogP contribution in [0.5, 0.6) is 0 Å². The number of nitrogens with one attached hydrogen (secondary N) is 1. The zero-order chi connectivity index (χ0) is 14.7. The van der Waals surface area contributed by atoms with Crippen LogP contribution in [-0.2, 0) is 9.53 Å². The quantitative estimate of drug-likeness (QED) is 0.835. The van der Waals surface area contributed by atoms with Crippen molar-refractivity contribution in [3.63, 3.8) is 0 Å². The first-order valence-electron chi connectivity index (χ1n) is 8.62. The van der Waals surface area contributed by atoms with E-state index < -0.39 is 0 Å². The van der Waals surface area contributed by atoms with Crippen LogP contribution in [0.15, 0.2) is 0 Å². The molecule has 2 atom stereocenters. The maximum atomic E-state index is 12.8. The number of nitrogens with zero attached hydrogens (tertiary/aromatic N) is 2. The fourth-order valence-electron chi connectivity index (χ4n) is 3.95. The highest BCUT2D eigenvalue weighted by atomic mass is 16.5. The lowest BCUT2D eigenvalue weighted by Crippen LogP contribution is -2.59. The second-order valence-corrected chi connectivity index (χ2v) is 6.69. The molecule has 0 radical (unpaired) electrons. The standard InChI is InChI=1S/C16H29N3O2/c1-2-16(6-4-7-17-16)15(20)19-10-8-18(9-11-19)13-14-5-3-12-21-14/h14,17H,2-13H2,1H3. The number of carbonyl (C=O) groups is 1. The molecule has 21 heavy (non-hydrogen) atoms. The monoisotopic (exact) mass is 295 g/mol. The lowest BCUT2D eigenvalue weighted by atomic mass is 9.92. The molecule has 5 heteroatoms. The van der Waals surface area contributed by atoms with E-state index in [0.29, 0.717) is 12.0 Å². The van der Waals surface area contributed by atoms with E-state index in [4.69, 9.17) is 4.74 Å². The van der Waals surface area contributed by atoms with Gasteiger partial charge in [-0.2, -0.15) is 0 Å². The molecule has 3 aliphatic heterocycles. The molecule has 0 aromatic rings. The lowest BCUT2D eigenvalue weighted by molar-refractivity contribution is -0.140. The van der Waals surface area contributed by atoms with Crippen molar-refractivity contribution in [2.24, 2.45) is 0 Å². The van der Waals surface area contributed by atoms with E-state index in [2.05, 4.69) is 22.0 Å². The third-order valence-corrected chi connectivity index (χ3v) is 5.40. The van der Waals surface area contributed by atoms with E-state index in [-0.39, 0.29) is 5.54 Å². The van der Waals surface area contributed by atoms with Crippen LogP contribution in [0.2, 0.25) is 0 Å². The van der Waals surface area contributed by atoms with Gasteiger partial charge in [-0.3, -0.25) is 9.69 Å². The maximum absolute atomic E-state index is 12.8. The molecule has 0 aromatic heterocycles. The molecule has 1 N–H and O–H groups in total. The molecule has 3 heterocycles. The van der Waals surface area contributed by atoms with E-state index in [1.807, 2.05) is 0 Å². The Hall–Kier alpha value is -0.650. The highest BCUT2D eigenvalue weighted by Gasteiger charge is 2.42. The van der Waals surface area contributed by atoms with Crippen molar-refractivity contribution in [1.29, 1.82) is 0 Å². The summed E-state index contributed by atoms with van der Waals surface area (Å²) in [7, 11) is 0. The minimum atomic E-state index is -0.267. The Kier molecular flexibility index (Phi) is 4.82. The summed E-state index contributed by atoms with van der Waals surface area (Å²) in [6.07, 6.45) is 5.85. The van der Waals surface area contributed by atoms with Crippen LogP contribution in [0.3, 0.4) is 0 Å². The summed E-state index contributed by atoms with van der Waals surface area (Å²) >= 11 is 0. The number of hydrogen-bond acceptors (Lipinski definition) is 4. The third-order valence-electron chi connectivity index (χ3n) is 5.40. The first-order chi connectivity index (χ1) is 10.2. The number of carbonyl (C=O) groups excluding carboxylic acids is 1. The Morgan fingerprint density at radius 2 is 2.10 bits per heavy atom. The van der Waals surface area contributed by atoms with E-state index in [1.165, 1.54) is 12.8 Å². The molecule has 0 saturated carbocycles. The Labute approximate surface area is 128 Å². The van der Waals surface area contributed by atoms with E-state index in [9.17, 15) is 4.79 Å². The van der Waals surface area contributed by atoms with Gasteiger partial charge in [0.15, 0.2) is 0 Å². The molecule has 0 bridgehead atoms. The molecule has 3 rings (SSSR count). The maximum Gasteiger partial charge on any atom is 0.242 e. The second kappa shape index (κ2) is 6.63. The van der Waals surface area contributed by atoms with Crippen molar-refractivity contribution < 1.29 is 9.53 Å². The van der Waals surface area contributed by atoms with Gasteiger partial charge in [-0.1, -0.05) is 6.92 Å². The van der Waals surface area contributed by atoms with Crippen LogP contribution >= 0.6 is 0 Å². The first kappa shape index (κ1) is 15.3. The van der Waals surface area contributed by atoms with Crippen LogP contribution in [-0.4, -0.2) is 73.2 Å². The lowest BCUT2D eigenvalue weighted by Gasteiger charge is -2.40. The third kappa shape index (κ3) is 3.25. The summed E-state index contributed by atoms with van der Waals surface area (Å²) in [5.41, 5.74) is -0.267. The van der Waals surface area contributed by atoms with Gasteiger partial charge in [0.05, 0.1) is 11.6 Å². The zero-order valence-electron chi connectivity index (χ0n) is 13.3. The Morgan fingerprint density at radius 3 is 2.67 bits per heavy atom. The summed E-state index contributed by atoms with van der Waals surface area (Å²) in [6, 6.07) is 0. The van der Waals surface area contributed by atoms with Gasteiger partial charge in [0.1, 0.15) is 0 Å². The minimum Gasteiger partial charge on any atom is -0.377 e. The molecule has 3 aliphatic rings. The van der Waals surface area contributed by atoms with Crippen molar-refractivity contribution >= 4 is 5.91 Å². The molecule has 3 fully saturated rings. The van der Waals surface area contributed by atoms with Gasteiger partial charge < -0.3 is 15.0 Å². The molecule has 2 unspecified atom stereocenters. The van der Waals surface area contributed by atoms with Gasteiger partial charge in [-0.25, -0.2) is 0 Å². The van der Waals surface area contributed by atoms with Crippen molar-refractivity contribution in [3.8, 4) is 0 Å². The average Bonchev–Trinajstić information content (AvgIpc) is 3.19. The van der Waals surface area contributed by atoms with E-state index in [1.54, 1.807) is 0 Å². The fraction of sp³-hybridized carbons (Fsp3) is 0.938. The molecule has 0 aromatic carbocycles. The molecule has 5 nitrogen and oxygen atoms in total. The van der Waals surface area contributed by atoms with Gasteiger partial charge in [-0.15, -0.1) is 0 Å². The van der Waals surface area contributed by atoms with Crippen LogP contribution in [0.1, 0.15) is 39.0 Å². The number of hydrogen-bond donors (Lipinski definition) is 1. The van der Waals surface area contributed by atoms with Crippen molar-refractivity contribution in [3.05, 3.63) is 0 Å². The van der Waals surface area contributed by atoms with Crippen LogP contribution in [0.4, 0.5) is 0 Å². The van der Waals surface area contributed by atoms with Crippen molar-refractivity contribution in [2.45, 2.75) is 50.7 Å². The van der Waals surface area contributed by atoms with E-state index in [0.717, 1.165) is 65.1 Å².